The van der Waals surface area contributed by atoms with Crippen molar-refractivity contribution >= 4 is 17.9 Å². The quantitative estimate of drug-likeness (QED) is 0.0262. The SMILES string of the molecule is CCCCCC/C=C\CCCCCCCC(=O)OCC(COC(=O)CCCC/C=C\CCCCCCCCCCC)OC(=O)CCCC/C=C\CCCCCCCCCCC. The monoisotopic (exact) mass is 857 g/mol. The molecular formula is C55H100O6. The van der Waals surface area contributed by atoms with E-state index < -0.39 is 6.10 Å². The van der Waals surface area contributed by atoms with Gasteiger partial charge in [-0.3, -0.25) is 14.4 Å². The highest BCUT2D eigenvalue weighted by Crippen LogP contribution is 2.14. The van der Waals surface area contributed by atoms with Crippen molar-refractivity contribution in [3.63, 3.8) is 0 Å². The smallest absolute Gasteiger partial charge is 0.306 e. The van der Waals surface area contributed by atoms with Crippen LogP contribution in [0.1, 0.15) is 278 Å². The Hall–Kier alpha value is -2.37. The van der Waals surface area contributed by atoms with Crippen LogP contribution in [0.4, 0.5) is 0 Å². The van der Waals surface area contributed by atoms with E-state index >= 15 is 0 Å². The van der Waals surface area contributed by atoms with E-state index in [1.54, 1.807) is 0 Å². The van der Waals surface area contributed by atoms with Crippen molar-refractivity contribution in [1.82, 2.24) is 0 Å². The lowest BCUT2D eigenvalue weighted by atomic mass is 10.1. The Balaban J connectivity index is 4.42. The zero-order valence-corrected chi connectivity index (χ0v) is 40.7. The predicted molar refractivity (Wildman–Crippen MR) is 261 cm³/mol. The molecule has 0 aromatic heterocycles. The fourth-order valence-corrected chi connectivity index (χ4v) is 7.54. The topological polar surface area (TPSA) is 78.9 Å². The number of rotatable bonds is 48. The average molecular weight is 857 g/mol. The van der Waals surface area contributed by atoms with Crippen LogP contribution in [0, 0.1) is 0 Å². The molecule has 1 atom stereocenters. The highest BCUT2D eigenvalue weighted by molar-refractivity contribution is 5.71. The van der Waals surface area contributed by atoms with E-state index in [1.165, 1.54) is 161 Å². The Morgan fingerprint density at radius 3 is 0.869 bits per heavy atom. The van der Waals surface area contributed by atoms with Gasteiger partial charge in [-0.2, -0.15) is 0 Å². The minimum Gasteiger partial charge on any atom is -0.462 e. The number of unbranched alkanes of at least 4 members (excludes halogenated alkanes) is 31. The maximum Gasteiger partial charge on any atom is 0.306 e. The molecule has 0 rings (SSSR count). The second-order valence-corrected chi connectivity index (χ2v) is 17.8. The van der Waals surface area contributed by atoms with Crippen LogP contribution in [0.15, 0.2) is 36.5 Å². The average Bonchev–Trinajstić information content (AvgIpc) is 3.26. The molecule has 356 valence electrons. The summed E-state index contributed by atoms with van der Waals surface area (Å²) in [5.41, 5.74) is 0. The maximum absolute atomic E-state index is 12.8. The summed E-state index contributed by atoms with van der Waals surface area (Å²) in [5.74, 6) is -0.933. The fourth-order valence-electron chi connectivity index (χ4n) is 7.54. The molecule has 61 heavy (non-hydrogen) atoms. The zero-order chi connectivity index (χ0) is 44.4. The van der Waals surface area contributed by atoms with Gasteiger partial charge in [0, 0.05) is 19.3 Å². The minimum atomic E-state index is -0.791. The molecule has 0 aromatic carbocycles. The Morgan fingerprint density at radius 1 is 0.311 bits per heavy atom. The van der Waals surface area contributed by atoms with Gasteiger partial charge in [0.1, 0.15) is 13.2 Å². The van der Waals surface area contributed by atoms with E-state index in [1.807, 2.05) is 0 Å². The molecule has 0 aliphatic rings. The summed E-state index contributed by atoms with van der Waals surface area (Å²) in [6.07, 6.45) is 58.5. The first-order chi connectivity index (χ1) is 30.0. The number of hydrogen-bond acceptors (Lipinski definition) is 6. The molecule has 0 aliphatic heterocycles. The third-order valence-corrected chi connectivity index (χ3v) is 11.6. The van der Waals surface area contributed by atoms with Gasteiger partial charge in [0.2, 0.25) is 0 Å². The Kier molecular flexibility index (Phi) is 48.3. The lowest BCUT2D eigenvalue weighted by molar-refractivity contribution is -0.167. The van der Waals surface area contributed by atoms with Crippen molar-refractivity contribution in [2.45, 2.75) is 284 Å². The third kappa shape index (κ3) is 48.5. The molecule has 0 saturated heterocycles. The van der Waals surface area contributed by atoms with E-state index in [0.717, 1.165) is 77.0 Å². The van der Waals surface area contributed by atoms with Gasteiger partial charge in [-0.25, -0.2) is 0 Å². The van der Waals surface area contributed by atoms with Gasteiger partial charge in [-0.1, -0.05) is 198 Å². The van der Waals surface area contributed by atoms with Crippen LogP contribution >= 0.6 is 0 Å². The van der Waals surface area contributed by atoms with Crippen molar-refractivity contribution in [2.24, 2.45) is 0 Å². The van der Waals surface area contributed by atoms with Gasteiger partial charge in [-0.05, 0) is 96.3 Å². The number of hydrogen-bond donors (Lipinski definition) is 0. The normalized spacial score (nSPS) is 12.2. The predicted octanol–water partition coefficient (Wildman–Crippen LogP) is 17.3. The molecule has 0 aromatic rings. The molecule has 0 saturated carbocycles. The van der Waals surface area contributed by atoms with Crippen LogP contribution in [0.2, 0.25) is 0 Å². The van der Waals surface area contributed by atoms with Crippen molar-refractivity contribution in [2.75, 3.05) is 13.2 Å². The van der Waals surface area contributed by atoms with E-state index in [4.69, 9.17) is 14.2 Å². The summed E-state index contributed by atoms with van der Waals surface area (Å²) in [6.45, 7) is 6.60. The third-order valence-electron chi connectivity index (χ3n) is 11.6. The molecule has 0 spiro atoms. The molecule has 0 aliphatic carbocycles. The molecular weight excluding hydrogens is 757 g/mol. The second kappa shape index (κ2) is 50.3. The van der Waals surface area contributed by atoms with E-state index in [9.17, 15) is 14.4 Å². The first-order valence-corrected chi connectivity index (χ1v) is 26.5. The molecule has 6 heteroatoms. The van der Waals surface area contributed by atoms with E-state index in [0.29, 0.717) is 19.3 Å². The Labute approximate surface area is 378 Å². The lowest BCUT2D eigenvalue weighted by Gasteiger charge is -2.18. The van der Waals surface area contributed by atoms with Crippen LogP contribution in [0.25, 0.3) is 0 Å². The van der Waals surface area contributed by atoms with E-state index in [-0.39, 0.29) is 31.1 Å². The molecule has 0 fully saturated rings. The summed E-state index contributed by atoms with van der Waals surface area (Å²) < 4.78 is 16.8. The molecule has 0 bridgehead atoms. The Bertz CT molecular complexity index is 1030. The molecule has 0 amide bonds. The first kappa shape index (κ1) is 58.6. The van der Waals surface area contributed by atoms with Crippen molar-refractivity contribution in [1.29, 1.82) is 0 Å². The van der Waals surface area contributed by atoms with Gasteiger partial charge in [0.15, 0.2) is 6.10 Å². The lowest BCUT2D eigenvalue weighted by Crippen LogP contribution is -2.30. The molecule has 6 nitrogen and oxygen atoms in total. The zero-order valence-electron chi connectivity index (χ0n) is 40.7. The molecule has 0 heterocycles. The number of carbonyl (C=O) groups excluding carboxylic acids is 3. The largest absolute Gasteiger partial charge is 0.462 e. The minimum absolute atomic E-state index is 0.0893. The summed E-state index contributed by atoms with van der Waals surface area (Å²) in [4.78, 5) is 37.9. The number of ether oxygens (including phenoxy) is 3. The number of carbonyl (C=O) groups is 3. The summed E-state index contributed by atoms with van der Waals surface area (Å²) in [6, 6.07) is 0. The fraction of sp³-hybridized carbons (Fsp3) is 0.836. The van der Waals surface area contributed by atoms with Crippen LogP contribution in [0.5, 0.6) is 0 Å². The second-order valence-electron chi connectivity index (χ2n) is 17.8. The number of esters is 3. The summed E-state index contributed by atoms with van der Waals surface area (Å²) >= 11 is 0. The van der Waals surface area contributed by atoms with Crippen molar-refractivity contribution in [3.8, 4) is 0 Å². The number of allylic oxidation sites excluding steroid dienone is 6. The van der Waals surface area contributed by atoms with Crippen LogP contribution < -0.4 is 0 Å². The van der Waals surface area contributed by atoms with Crippen molar-refractivity contribution < 1.29 is 28.6 Å². The first-order valence-electron chi connectivity index (χ1n) is 26.5. The summed E-state index contributed by atoms with van der Waals surface area (Å²) in [5, 5.41) is 0. The molecule has 0 N–H and O–H groups in total. The van der Waals surface area contributed by atoms with Gasteiger partial charge in [0.05, 0.1) is 0 Å². The highest BCUT2D eigenvalue weighted by atomic mass is 16.6. The molecule has 1 unspecified atom stereocenters. The van der Waals surface area contributed by atoms with Gasteiger partial charge in [0.25, 0.3) is 0 Å². The van der Waals surface area contributed by atoms with Gasteiger partial charge in [-0.15, -0.1) is 0 Å². The maximum atomic E-state index is 12.8. The summed E-state index contributed by atoms with van der Waals surface area (Å²) in [7, 11) is 0. The van der Waals surface area contributed by atoms with Gasteiger partial charge >= 0.3 is 17.9 Å². The highest BCUT2D eigenvalue weighted by Gasteiger charge is 2.19. The van der Waals surface area contributed by atoms with Gasteiger partial charge < -0.3 is 14.2 Å². The van der Waals surface area contributed by atoms with Crippen LogP contribution in [-0.4, -0.2) is 37.2 Å². The van der Waals surface area contributed by atoms with Crippen LogP contribution in [0.3, 0.4) is 0 Å². The van der Waals surface area contributed by atoms with E-state index in [2.05, 4.69) is 57.2 Å². The molecule has 0 radical (unpaired) electrons. The van der Waals surface area contributed by atoms with Crippen LogP contribution in [-0.2, 0) is 28.6 Å². The Morgan fingerprint density at radius 2 is 0.541 bits per heavy atom. The standard InChI is InChI=1S/C55H100O6/c1-4-7-10-13-16-19-22-25-27-30-33-36-39-42-45-48-54(57)60-51-52(50-59-53(56)47-44-41-38-35-32-29-24-21-18-15-12-9-6-3)61-55(58)49-46-43-40-37-34-31-28-26-23-20-17-14-11-8-5-2/h21,24,33-34,36-37,52H,4-20,22-23,25-32,35,38-51H2,1-3H3/b24-21-,36-33-,37-34-. The van der Waals surface area contributed by atoms with Crippen molar-refractivity contribution in [3.05, 3.63) is 36.5 Å².